The molecular formula is C15H18N4. The zero-order chi connectivity index (χ0) is 13.4. The minimum atomic E-state index is 0.803. The molecule has 0 bridgehead atoms. The predicted octanol–water partition coefficient (Wildman–Crippen LogP) is 2.20. The lowest BCUT2D eigenvalue weighted by molar-refractivity contribution is 0.944. The average Bonchev–Trinajstić information content (AvgIpc) is 2.80. The Morgan fingerprint density at radius 3 is 2.53 bits per heavy atom. The molecule has 0 atom stereocenters. The molecule has 2 heterocycles. The molecule has 1 aliphatic heterocycles. The molecule has 4 heteroatoms. The maximum atomic E-state index is 4.74. The van der Waals surface area contributed by atoms with Crippen LogP contribution >= 0.6 is 0 Å². The van der Waals surface area contributed by atoms with Gasteiger partial charge in [-0.05, 0) is 6.42 Å². The maximum Gasteiger partial charge on any atom is 0.163 e. The minimum Gasteiger partial charge on any atom is -0.362 e. The molecule has 0 unspecified atom stereocenters. The van der Waals surface area contributed by atoms with Crippen molar-refractivity contribution < 1.29 is 0 Å². The van der Waals surface area contributed by atoms with Crippen LogP contribution in [0.3, 0.4) is 0 Å². The van der Waals surface area contributed by atoms with Crippen LogP contribution in [0.5, 0.6) is 0 Å². The van der Waals surface area contributed by atoms with E-state index in [-0.39, 0.29) is 0 Å². The molecule has 0 saturated carbocycles. The number of fused-ring (bicyclic) bond motifs is 1. The summed E-state index contributed by atoms with van der Waals surface area (Å²) in [6.45, 7) is 1.02. The van der Waals surface area contributed by atoms with E-state index in [1.807, 2.05) is 32.3 Å². The Kier molecular flexibility index (Phi) is 2.85. The largest absolute Gasteiger partial charge is 0.362 e. The summed E-state index contributed by atoms with van der Waals surface area (Å²) in [5.41, 5.74) is 2.32. The molecule has 1 aliphatic rings. The molecule has 0 radical (unpaired) electrons. The molecule has 1 aromatic carbocycles. The van der Waals surface area contributed by atoms with E-state index in [2.05, 4.69) is 29.0 Å². The van der Waals surface area contributed by atoms with Gasteiger partial charge >= 0.3 is 0 Å². The van der Waals surface area contributed by atoms with E-state index in [1.54, 1.807) is 0 Å². The van der Waals surface area contributed by atoms with Gasteiger partial charge in [0.1, 0.15) is 11.6 Å². The monoisotopic (exact) mass is 254 g/mol. The molecule has 0 aliphatic carbocycles. The molecule has 0 N–H and O–H groups in total. The van der Waals surface area contributed by atoms with Gasteiger partial charge in [0.15, 0.2) is 5.82 Å². The lowest BCUT2D eigenvalue weighted by Crippen LogP contribution is -2.16. The van der Waals surface area contributed by atoms with Crippen molar-refractivity contribution in [3.8, 4) is 11.4 Å². The van der Waals surface area contributed by atoms with Gasteiger partial charge in [-0.25, -0.2) is 9.97 Å². The van der Waals surface area contributed by atoms with Crippen molar-refractivity contribution in [2.45, 2.75) is 6.42 Å². The second-order valence-corrected chi connectivity index (χ2v) is 5.10. The third-order valence-electron chi connectivity index (χ3n) is 3.48. The summed E-state index contributed by atoms with van der Waals surface area (Å²) in [6, 6.07) is 10.2. The zero-order valence-electron chi connectivity index (χ0n) is 11.6. The third kappa shape index (κ3) is 2.03. The summed E-state index contributed by atoms with van der Waals surface area (Å²) >= 11 is 0. The fourth-order valence-electron chi connectivity index (χ4n) is 2.47. The Bertz CT molecular complexity index is 593. The smallest absolute Gasteiger partial charge is 0.163 e. The van der Waals surface area contributed by atoms with Gasteiger partial charge in [0, 0.05) is 38.8 Å². The van der Waals surface area contributed by atoms with Gasteiger partial charge in [0.2, 0.25) is 0 Å². The van der Waals surface area contributed by atoms with Crippen molar-refractivity contribution in [1.29, 1.82) is 0 Å². The molecular weight excluding hydrogens is 236 g/mol. The second kappa shape index (κ2) is 4.53. The number of hydrogen-bond donors (Lipinski definition) is 0. The summed E-state index contributed by atoms with van der Waals surface area (Å²) in [6.07, 6.45) is 1.02. The Morgan fingerprint density at radius 2 is 1.84 bits per heavy atom. The van der Waals surface area contributed by atoms with E-state index in [0.717, 1.165) is 36.0 Å². The molecule has 19 heavy (non-hydrogen) atoms. The Morgan fingerprint density at radius 1 is 1.11 bits per heavy atom. The molecule has 1 aromatic heterocycles. The first kappa shape index (κ1) is 12.0. The van der Waals surface area contributed by atoms with Crippen LogP contribution in [0.4, 0.5) is 11.6 Å². The summed E-state index contributed by atoms with van der Waals surface area (Å²) in [4.78, 5) is 13.8. The lowest BCUT2D eigenvalue weighted by Gasteiger charge is -2.18. The molecule has 4 nitrogen and oxygen atoms in total. The van der Waals surface area contributed by atoms with E-state index in [9.17, 15) is 0 Å². The minimum absolute atomic E-state index is 0.803. The number of benzene rings is 1. The summed E-state index contributed by atoms with van der Waals surface area (Å²) in [5, 5.41) is 0. The van der Waals surface area contributed by atoms with Crippen molar-refractivity contribution >= 4 is 11.6 Å². The fraction of sp³-hybridized carbons (Fsp3) is 0.333. The zero-order valence-corrected chi connectivity index (χ0v) is 11.6. The highest BCUT2D eigenvalue weighted by molar-refractivity contribution is 5.68. The molecule has 98 valence electrons. The lowest BCUT2D eigenvalue weighted by atomic mass is 10.2. The van der Waals surface area contributed by atoms with Crippen LogP contribution in [-0.2, 0) is 6.42 Å². The Balaban J connectivity index is 2.18. The van der Waals surface area contributed by atoms with Gasteiger partial charge in [0.25, 0.3) is 0 Å². The van der Waals surface area contributed by atoms with E-state index in [1.165, 1.54) is 5.56 Å². The van der Waals surface area contributed by atoms with Gasteiger partial charge in [-0.3, -0.25) is 0 Å². The van der Waals surface area contributed by atoms with Gasteiger partial charge in [0.05, 0.1) is 0 Å². The van der Waals surface area contributed by atoms with Crippen LogP contribution in [-0.4, -0.2) is 37.7 Å². The molecule has 0 spiro atoms. The fourth-order valence-corrected chi connectivity index (χ4v) is 2.47. The summed E-state index contributed by atoms with van der Waals surface area (Å²) < 4.78 is 0. The summed E-state index contributed by atoms with van der Waals surface area (Å²) in [7, 11) is 6.17. The van der Waals surface area contributed by atoms with Crippen molar-refractivity contribution in [1.82, 2.24) is 9.97 Å². The number of nitrogens with zero attached hydrogens (tertiary/aromatic N) is 4. The Labute approximate surface area is 113 Å². The number of anilines is 2. The molecule has 0 saturated heterocycles. The molecule has 3 rings (SSSR count). The quantitative estimate of drug-likeness (QED) is 0.822. The number of aromatic nitrogens is 2. The van der Waals surface area contributed by atoms with E-state index in [4.69, 9.17) is 9.97 Å². The van der Waals surface area contributed by atoms with Crippen LogP contribution < -0.4 is 9.80 Å². The first-order valence-corrected chi connectivity index (χ1v) is 6.51. The van der Waals surface area contributed by atoms with Crippen LogP contribution in [0.15, 0.2) is 30.3 Å². The van der Waals surface area contributed by atoms with E-state index >= 15 is 0 Å². The molecule has 0 fully saturated rings. The van der Waals surface area contributed by atoms with Gasteiger partial charge in [-0.15, -0.1) is 0 Å². The van der Waals surface area contributed by atoms with Crippen molar-refractivity contribution in [3.63, 3.8) is 0 Å². The van der Waals surface area contributed by atoms with E-state index in [0.29, 0.717) is 0 Å². The van der Waals surface area contributed by atoms with Crippen molar-refractivity contribution in [2.24, 2.45) is 0 Å². The number of hydrogen-bond acceptors (Lipinski definition) is 4. The van der Waals surface area contributed by atoms with Gasteiger partial charge < -0.3 is 9.80 Å². The topological polar surface area (TPSA) is 32.3 Å². The normalized spacial score (nSPS) is 13.5. The number of likely N-dealkylation sites (N-methyl/N-ethyl adjacent to an activating group) is 1. The number of rotatable bonds is 2. The summed E-state index contributed by atoms with van der Waals surface area (Å²) in [5.74, 6) is 2.91. The molecule has 0 amide bonds. The van der Waals surface area contributed by atoms with Gasteiger partial charge in [-0.1, -0.05) is 30.3 Å². The highest BCUT2D eigenvalue weighted by Crippen LogP contribution is 2.33. The van der Waals surface area contributed by atoms with Crippen molar-refractivity contribution in [3.05, 3.63) is 35.9 Å². The van der Waals surface area contributed by atoms with E-state index < -0.39 is 0 Å². The van der Waals surface area contributed by atoms with Crippen LogP contribution in [0, 0.1) is 0 Å². The van der Waals surface area contributed by atoms with Crippen molar-refractivity contribution in [2.75, 3.05) is 37.5 Å². The highest BCUT2D eigenvalue weighted by atomic mass is 15.2. The molecule has 2 aromatic rings. The second-order valence-electron chi connectivity index (χ2n) is 5.10. The predicted molar refractivity (Wildman–Crippen MR) is 78.8 cm³/mol. The third-order valence-corrected chi connectivity index (χ3v) is 3.48. The average molecular weight is 254 g/mol. The first-order chi connectivity index (χ1) is 9.16. The van der Waals surface area contributed by atoms with Crippen LogP contribution in [0.2, 0.25) is 0 Å². The van der Waals surface area contributed by atoms with Crippen LogP contribution in [0.1, 0.15) is 5.56 Å². The van der Waals surface area contributed by atoms with Gasteiger partial charge in [-0.2, -0.15) is 0 Å². The first-order valence-electron chi connectivity index (χ1n) is 6.51. The maximum absolute atomic E-state index is 4.74. The highest BCUT2D eigenvalue weighted by Gasteiger charge is 2.24. The standard InChI is InChI=1S/C15H18N4/c1-18(2)14-12-9-10-19(3)15(12)17-13(16-14)11-7-5-4-6-8-11/h4-8H,9-10H2,1-3H3. The van der Waals surface area contributed by atoms with Crippen LogP contribution in [0.25, 0.3) is 11.4 Å². The SMILES string of the molecule is CN(C)c1nc(-c2ccccc2)nc2c1CCN2C. The Hall–Kier alpha value is -2.10.